The summed E-state index contributed by atoms with van der Waals surface area (Å²) in [4.78, 5) is 12.4. The van der Waals surface area contributed by atoms with Crippen molar-refractivity contribution >= 4 is 49.1 Å². The van der Waals surface area contributed by atoms with E-state index in [1.54, 1.807) is 24.5 Å². The van der Waals surface area contributed by atoms with Gasteiger partial charge in [0, 0.05) is 16.9 Å². The molecule has 0 fully saturated rings. The fourth-order valence-electron chi connectivity index (χ4n) is 0.954. The molecule has 0 radical (unpaired) electrons. The minimum Gasteiger partial charge on any atom is -0.266 e. The zero-order chi connectivity index (χ0) is 10.1. The maximum atomic E-state index is 11.7. The maximum Gasteiger partial charge on any atom is 0.288 e. The van der Waals surface area contributed by atoms with Gasteiger partial charge in [0.25, 0.3) is 5.91 Å². The fraction of sp³-hybridized carbons (Fsp3) is 0. The predicted molar refractivity (Wildman–Crippen MR) is 61.7 cm³/mol. The molecular weight excluding hydrogens is 332 g/mol. The highest BCUT2D eigenvalue weighted by atomic mass is 79.9. The molecule has 0 aliphatic rings. The molecule has 0 aliphatic carbocycles. The van der Waals surface area contributed by atoms with Crippen LogP contribution in [0.2, 0.25) is 0 Å². The highest BCUT2D eigenvalue weighted by Gasteiger charge is 2.13. The zero-order valence-corrected chi connectivity index (χ0v) is 10.8. The highest BCUT2D eigenvalue weighted by molar-refractivity contribution is 9.13. The van der Waals surface area contributed by atoms with Crippen molar-refractivity contribution in [2.45, 2.75) is 0 Å². The molecule has 6 heteroatoms. The number of carbonyl (C=O) groups excluding carboxylic acids is 1. The van der Waals surface area contributed by atoms with Gasteiger partial charge in [0.1, 0.15) is 0 Å². The van der Waals surface area contributed by atoms with Crippen molar-refractivity contribution in [1.29, 1.82) is 0 Å². The van der Waals surface area contributed by atoms with E-state index in [4.69, 9.17) is 0 Å². The summed E-state index contributed by atoms with van der Waals surface area (Å²) in [6, 6.07) is 3.49. The Morgan fingerprint density at radius 1 is 1.50 bits per heavy atom. The van der Waals surface area contributed by atoms with Crippen molar-refractivity contribution in [2.75, 3.05) is 0 Å². The number of hydrogen-bond acceptors (Lipinski definition) is 3. The van der Waals surface area contributed by atoms with Crippen LogP contribution < -0.4 is 0 Å². The number of nitrogens with zero attached hydrogens (tertiary/aromatic N) is 2. The van der Waals surface area contributed by atoms with Crippen molar-refractivity contribution in [2.24, 2.45) is 0 Å². The van der Waals surface area contributed by atoms with Crippen LogP contribution in [-0.2, 0) is 0 Å². The Morgan fingerprint density at radius 3 is 2.79 bits per heavy atom. The van der Waals surface area contributed by atoms with Crippen LogP contribution in [-0.4, -0.2) is 15.7 Å². The lowest BCUT2D eigenvalue weighted by atomic mass is 10.4. The summed E-state index contributed by atoms with van der Waals surface area (Å²) in [6.07, 6.45) is 3.21. The lowest BCUT2D eigenvalue weighted by molar-refractivity contribution is 0.0949. The number of thiophene rings is 1. The molecule has 0 atom stereocenters. The SMILES string of the molecule is O=C(c1cc(Br)c(Br)s1)n1cccn1. The molecule has 72 valence electrons. The van der Waals surface area contributed by atoms with Crippen LogP contribution >= 0.6 is 43.2 Å². The van der Waals surface area contributed by atoms with Crippen LogP contribution in [0.1, 0.15) is 9.67 Å². The van der Waals surface area contributed by atoms with Gasteiger partial charge in [-0.05, 0) is 44.0 Å². The van der Waals surface area contributed by atoms with Crippen LogP contribution in [0.3, 0.4) is 0 Å². The Labute approximate surface area is 101 Å². The third kappa shape index (κ3) is 1.82. The van der Waals surface area contributed by atoms with Gasteiger partial charge >= 0.3 is 0 Å². The standard InChI is InChI=1S/C8H4Br2N2OS/c9-5-4-6(14-7(5)10)8(13)12-3-1-2-11-12/h1-4H. The number of carbonyl (C=O) groups is 1. The Bertz CT molecular complexity index is 444. The molecule has 0 N–H and O–H groups in total. The van der Waals surface area contributed by atoms with Gasteiger partial charge in [-0.1, -0.05) is 0 Å². The molecule has 0 saturated heterocycles. The van der Waals surface area contributed by atoms with E-state index in [2.05, 4.69) is 37.0 Å². The van der Waals surface area contributed by atoms with Gasteiger partial charge in [0.15, 0.2) is 0 Å². The van der Waals surface area contributed by atoms with Crippen LogP contribution in [0.25, 0.3) is 0 Å². The topological polar surface area (TPSA) is 34.9 Å². The van der Waals surface area contributed by atoms with E-state index >= 15 is 0 Å². The summed E-state index contributed by atoms with van der Waals surface area (Å²) in [5.41, 5.74) is 0. The van der Waals surface area contributed by atoms with E-state index in [0.717, 1.165) is 8.26 Å². The first-order valence-corrected chi connectivity index (χ1v) is 6.08. The fourth-order valence-corrected chi connectivity index (χ4v) is 2.92. The highest BCUT2D eigenvalue weighted by Crippen LogP contribution is 2.32. The molecule has 0 aliphatic heterocycles. The zero-order valence-electron chi connectivity index (χ0n) is 6.78. The van der Waals surface area contributed by atoms with Crippen LogP contribution in [0, 0.1) is 0 Å². The number of rotatable bonds is 1. The molecule has 0 bridgehead atoms. The Morgan fingerprint density at radius 2 is 2.29 bits per heavy atom. The van der Waals surface area contributed by atoms with E-state index in [1.165, 1.54) is 16.0 Å². The molecule has 14 heavy (non-hydrogen) atoms. The van der Waals surface area contributed by atoms with Gasteiger partial charge in [-0.15, -0.1) is 11.3 Å². The number of halogens is 2. The molecule has 0 aromatic carbocycles. The largest absolute Gasteiger partial charge is 0.288 e. The molecule has 3 nitrogen and oxygen atoms in total. The quantitative estimate of drug-likeness (QED) is 0.802. The Hall–Kier alpha value is -0.460. The minimum absolute atomic E-state index is 0.119. The molecule has 0 unspecified atom stereocenters. The van der Waals surface area contributed by atoms with Crippen molar-refractivity contribution in [3.63, 3.8) is 0 Å². The third-order valence-electron chi connectivity index (χ3n) is 1.57. The second-order valence-electron chi connectivity index (χ2n) is 2.49. The molecule has 2 rings (SSSR count). The van der Waals surface area contributed by atoms with Crippen molar-refractivity contribution in [3.05, 3.63) is 37.7 Å². The van der Waals surface area contributed by atoms with Gasteiger partial charge in [-0.3, -0.25) is 4.79 Å². The van der Waals surface area contributed by atoms with Gasteiger partial charge in [-0.25, -0.2) is 4.68 Å². The molecule has 2 aromatic heterocycles. The van der Waals surface area contributed by atoms with E-state index in [1.807, 2.05) is 0 Å². The van der Waals surface area contributed by atoms with E-state index in [0.29, 0.717) is 4.88 Å². The average Bonchev–Trinajstić information content (AvgIpc) is 2.76. The van der Waals surface area contributed by atoms with Crippen LogP contribution in [0.4, 0.5) is 0 Å². The first kappa shape index (κ1) is 10.1. The summed E-state index contributed by atoms with van der Waals surface area (Å²) in [7, 11) is 0. The minimum atomic E-state index is -0.119. The monoisotopic (exact) mass is 334 g/mol. The second-order valence-corrected chi connectivity index (χ2v) is 5.71. The van der Waals surface area contributed by atoms with Gasteiger partial charge in [0.05, 0.1) is 8.66 Å². The van der Waals surface area contributed by atoms with Crippen LogP contribution in [0.5, 0.6) is 0 Å². The first-order valence-electron chi connectivity index (χ1n) is 3.67. The molecular formula is C8H4Br2N2OS. The van der Waals surface area contributed by atoms with Crippen LogP contribution in [0.15, 0.2) is 32.8 Å². The summed E-state index contributed by atoms with van der Waals surface area (Å²) >= 11 is 8.05. The normalized spacial score (nSPS) is 10.4. The van der Waals surface area contributed by atoms with Gasteiger partial charge in [0.2, 0.25) is 0 Å². The first-order chi connectivity index (χ1) is 6.68. The average molecular weight is 336 g/mol. The Kier molecular flexibility index (Phi) is 2.85. The molecule has 2 heterocycles. The smallest absolute Gasteiger partial charge is 0.266 e. The molecule has 0 amide bonds. The van der Waals surface area contributed by atoms with E-state index in [9.17, 15) is 4.79 Å². The summed E-state index contributed by atoms with van der Waals surface area (Å²) in [5.74, 6) is -0.119. The third-order valence-corrected chi connectivity index (χ3v) is 4.81. The van der Waals surface area contributed by atoms with E-state index in [-0.39, 0.29) is 5.91 Å². The molecule has 2 aromatic rings. The van der Waals surface area contributed by atoms with Crippen molar-refractivity contribution < 1.29 is 4.79 Å². The second kappa shape index (κ2) is 3.96. The number of aromatic nitrogens is 2. The summed E-state index contributed by atoms with van der Waals surface area (Å²) < 4.78 is 3.11. The molecule has 0 saturated carbocycles. The lowest BCUT2D eigenvalue weighted by Crippen LogP contribution is -2.10. The van der Waals surface area contributed by atoms with Crippen molar-refractivity contribution in [3.8, 4) is 0 Å². The number of hydrogen-bond donors (Lipinski definition) is 0. The summed E-state index contributed by atoms with van der Waals surface area (Å²) in [6.45, 7) is 0. The predicted octanol–water partition coefficient (Wildman–Crippen LogP) is 3.16. The van der Waals surface area contributed by atoms with Crippen molar-refractivity contribution in [1.82, 2.24) is 9.78 Å². The lowest BCUT2D eigenvalue weighted by Gasteiger charge is -1.94. The van der Waals surface area contributed by atoms with E-state index < -0.39 is 0 Å². The molecule has 0 spiro atoms. The van der Waals surface area contributed by atoms with Gasteiger partial charge in [-0.2, -0.15) is 5.10 Å². The maximum absolute atomic E-state index is 11.7. The Balaban J connectivity index is 2.37. The summed E-state index contributed by atoms with van der Waals surface area (Å²) in [5, 5.41) is 3.87. The van der Waals surface area contributed by atoms with Gasteiger partial charge < -0.3 is 0 Å².